The molecule has 2 aromatic rings. The van der Waals surface area contributed by atoms with Crippen molar-refractivity contribution in [1.82, 2.24) is 5.32 Å². The van der Waals surface area contributed by atoms with Crippen molar-refractivity contribution < 1.29 is 9.53 Å². The molecule has 0 saturated carbocycles. The van der Waals surface area contributed by atoms with Crippen LogP contribution in [0.3, 0.4) is 0 Å². The van der Waals surface area contributed by atoms with E-state index in [1.54, 1.807) is 0 Å². The van der Waals surface area contributed by atoms with E-state index in [0.29, 0.717) is 18.2 Å². The van der Waals surface area contributed by atoms with Gasteiger partial charge >= 0.3 is 0 Å². The second-order valence-corrected chi connectivity index (χ2v) is 6.52. The average Bonchev–Trinajstić information content (AvgIpc) is 2.54. The van der Waals surface area contributed by atoms with E-state index in [2.05, 4.69) is 5.32 Å². The third kappa shape index (κ3) is 5.62. The van der Waals surface area contributed by atoms with Gasteiger partial charge in [0.05, 0.1) is 11.8 Å². The molecular formula is C17H18ClNO2S. The van der Waals surface area contributed by atoms with Crippen LogP contribution < -0.4 is 10.1 Å². The molecule has 116 valence electrons. The number of hydrogen-bond acceptors (Lipinski definition) is 3. The Hall–Kier alpha value is -1.65. The van der Waals surface area contributed by atoms with Crippen LogP contribution in [-0.2, 0) is 4.79 Å². The lowest BCUT2D eigenvalue weighted by atomic mass is 10.3. The number of thioether (sulfide) groups is 1. The molecule has 0 bridgehead atoms. The van der Waals surface area contributed by atoms with E-state index in [0.717, 1.165) is 10.6 Å². The maximum Gasteiger partial charge on any atom is 0.233 e. The number of halogens is 1. The highest BCUT2D eigenvalue weighted by molar-refractivity contribution is 8.00. The summed E-state index contributed by atoms with van der Waals surface area (Å²) in [6.07, 6.45) is 0. The zero-order valence-corrected chi connectivity index (χ0v) is 13.9. The maximum atomic E-state index is 12.0. The summed E-state index contributed by atoms with van der Waals surface area (Å²) in [6.45, 7) is 2.82. The Kier molecular flexibility index (Phi) is 6.62. The topological polar surface area (TPSA) is 38.3 Å². The summed E-state index contributed by atoms with van der Waals surface area (Å²) >= 11 is 7.35. The summed E-state index contributed by atoms with van der Waals surface area (Å²) in [7, 11) is 0. The van der Waals surface area contributed by atoms with Crippen molar-refractivity contribution in [3.8, 4) is 5.75 Å². The van der Waals surface area contributed by atoms with E-state index in [9.17, 15) is 4.79 Å². The first-order chi connectivity index (χ1) is 10.6. The largest absolute Gasteiger partial charge is 0.492 e. The van der Waals surface area contributed by atoms with Crippen LogP contribution in [0.4, 0.5) is 0 Å². The molecule has 1 amide bonds. The van der Waals surface area contributed by atoms with Crippen LogP contribution in [-0.4, -0.2) is 24.3 Å². The fraction of sp³-hybridized carbons (Fsp3) is 0.235. The van der Waals surface area contributed by atoms with Crippen molar-refractivity contribution in [3.05, 3.63) is 59.6 Å². The first kappa shape index (κ1) is 16.7. The Balaban J connectivity index is 1.69. The Morgan fingerprint density at radius 3 is 2.55 bits per heavy atom. The molecule has 3 nitrogen and oxygen atoms in total. The minimum atomic E-state index is -0.169. The molecule has 1 atom stereocenters. The highest BCUT2D eigenvalue weighted by atomic mass is 35.5. The van der Waals surface area contributed by atoms with Gasteiger partial charge in [-0.25, -0.2) is 0 Å². The van der Waals surface area contributed by atoms with E-state index >= 15 is 0 Å². The molecule has 0 aliphatic heterocycles. The number of carbonyl (C=O) groups is 1. The molecule has 5 heteroatoms. The van der Waals surface area contributed by atoms with Crippen molar-refractivity contribution in [3.63, 3.8) is 0 Å². The van der Waals surface area contributed by atoms with Crippen molar-refractivity contribution >= 4 is 29.3 Å². The molecule has 2 aromatic carbocycles. The smallest absolute Gasteiger partial charge is 0.233 e. The zero-order valence-electron chi connectivity index (χ0n) is 12.3. The number of rotatable bonds is 7. The Morgan fingerprint density at radius 1 is 1.18 bits per heavy atom. The van der Waals surface area contributed by atoms with E-state index in [1.165, 1.54) is 11.8 Å². The zero-order chi connectivity index (χ0) is 15.8. The van der Waals surface area contributed by atoms with Crippen LogP contribution in [0.25, 0.3) is 0 Å². The Morgan fingerprint density at radius 2 is 1.86 bits per heavy atom. The predicted molar refractivity (Wildman–Crippen MR) is 91.7 cm³/mol. The van der Waals surface area contributed by atoms with Gasteiger partial charge in [-0.2, -0.15) is 0 Å². The number of ether oxygens (including phenoxy) is 1. The van der Waals surface area contributed by atoms with Gasteiger partial charge in [-0.1, -0.05) is 29.8 Å². The molecule has 1 unspecified atom stereocenters. The van der Waals surface area contributed by atoms with E-state index in [4.69, 9.17) is 16.3 Å². The molecule has 0 fully saturated rings. The van der Waals surface area contributed by atoms with E-state index < -0.39 is 0 Å². The predicted octanol–water partition coefficient (Wildman–Crippen LogP) is 4.02. The van der Waals surface area contributed by atoms with Gasteiger partial charge in [-0.15, -0.1) is 11.8 Å². The Bertz CT molecular complexity index is 589. The maximum absolute atomic E-state index is 12.0. The SMILES string of the molecule is CC(Sc1ccc(Cl)cc1)C(=O)NCCOc1ccccc1. The fourth-order valence-corrected chi connectivity index (χ4v) is 2.79. The molecule has 0 spiro atoms. The van der Waals surface area contributed by atoms with Crippen LogP contribution in [0, 0.1) is 0 Å². The highest BCUT2D eigenvalue weighted by Crippen LogP contribution is 2.24. The second-order valence-electron chi connectivity index (χ2n) is 4.67. The summed E-state index contributed by atoms with van der Waals surface area (Å²) in [5.41, 5.74) is 0. The number of benzene rings is 2. The third-order valence-electron chi connectivity index (χ3n) is 2.91. The third-order valence-corrected chi connectivity index (χ3v) is 4.27. The van der Waals surface area contributed by atoms with Gasteiger partial charge in [-0.3, -0.25) is 4.79 Å². The van der Waals surface area contributed by atoms with Gasteiger partial charge in [0.1, 0.15) is 12.4 Å². The van der Waals surface area contributed by atoms with Crippen LogP contribution >= 0.6 is 23.4 Å². The summed E-state index contributed by atoms with van der Waals surface area (Å²) in [5, 5.41) is 3.40. The lowest BCUT2D eigenvalue weighted by Gasteiger charge is -2.12. The molecule has 0 aliphatic carbocycles. The molecular weight excluding hydrogens is 318 g/mol. The number of carbonyl (C=O) groups excluding carboxylic acids is 1. The number of hydrogen-bond donors (Lipinski definition) is 1. The molecule has 2 rings (SSSR count). The van der Waals surface area contributed by atoms with Crippen molar-refractivity contribution in [2.75, 3.05) is 13.2 Å². The second kappa shape index (κ2) is 8.71. The lowest BCUT2D eigenvalue weighted by molar-refractivity contribution is -0.120. The summed E-state index contributed by atoms with van der Waals surface area (Å²) in [6, 6.07) is 17.0. The molecule has 0 saturated heterocycles. The van der Waals surface area contributed by atoms with Gasteiger partial charge in [-0.05, 0) is 43.3 Å². The molecule has 0 aromatic heterocycles. The van der Waals surface area contributed by atoms with E-state index in [-0.39, 0.29) is 11.2 Å². The molecule has 1 N–H and O–H groups in total. The van der Waals surface area contributed by atoms with Gasteiger partial charge < -0.3 is 10.1 Å². The number of nitrogens with one attached hydrogen (secondary N) is 1. The lowest BCUT2D eigenvalue weighted by Crippen LogP contribution is -2.33. The first-order valence-electron chi connectivity index (χ1n) is 7.03. The number of para-hydroxylation sites is 1. The van der Waals surface area contributed by atoms with Gasteiger partial charge in [0, 0.05) is 9.92 Å². The van der Waals surface area contributed by atoms with Gasteiger partial charge in [0.25, 0.3) is 0 Å². The Labute approximate surface area is 140 Å². The monoisotopic (exact) mass is 335 g/mol. The average molecular weight is 336 g/mol. The number of amides is 1. The highest BCUT2D eigenvalue weighted by Gasteiger charge is 2.13. The molecule has 22 heavy (non-hydrogen) atoms. The van der Waals surface area contributed by atoms with Crippen molar-refractivity contribution in [2.24, 2.45) is 0 Å². The van der Waals surface area contributed by atoms with Crippen LogP contribution in [0.5, 0.6) is 5.75 Å². The minimum absolute atomic E-state index is 0.00314. The summed E-state index contributed by atoms with van der Waals surface area (Å²) in [5.74, 6) is 0.803. The van der Waals surface area contributed by atoms with Crippen molar-refractivity contribution in [1.29, 1.82) is 0 Å². The normalized spacial score (nSPS) is 11.7. The van der Waals surface area contributed by atoms with E-state index in [1.807, 2.05) is 61.5 Å². The molecule has 0 aliphatic rings. The first-order valence-corrected chi connectivity index (χ1v) is 8.28. The molecule has 0 heterocycles. The van der Waals surface area contributed by atoms with Gasteiger partial charge in [0.15, 0.2) is 0 Å². The van der Waals surface area contributed by atoms with Crippen LogP contribution in [0.15, 0.2) is 59.5 Å². The van der Waals surface area contributed by atoms with Crippen LogP contribution in [0.1, 0.15) is 6.92 Å². The van der Waals surface area contributed by atoms with Crippen molar-refractivity contribution in [2.45, 2.75) is 17.1 Å². The van der Waals surface area contributed by atoms with Gasteiger partial charge in [0.2, 0.25) is 5.91 Å². The standard InChI is InChI=1S/C17H18ClNO2S/c1-13(22-16-9-7-14(18)8-10-16)17(20)19-11-12-21-15-5-3-2-4-6-15/h2-10,13H,11-12H2,1H3,(H,19,20). The minimum Gasteiger partial charge on any atom is -0.492 e. The summed E-state index contributed by atoms with van der Waals surface area (Å²) in [4.78, 5) is 13.0. The van der Waals surface area contributed by atoms with Crippen LogP contribution in [0.2, 0.25) is 5.02 Å². The fourth-order valence-electron chi connectivity index (χ4n) is 1.77. The quantitative estimate of drug-likeness (QED) is 0.613. The summed E-state index contributed by atoms with van der Waals surface area (Å²) < 4.78 is 5.53. The molecule has 0 radical (unpaired) electrons.